The van der Waals surface area contributed by atoms with E-state index in [1.165, 1.54) is 12.2 Å². The number of carboxylic acids is 1. The van der Waals surface area contributed by atoms with E-state index >= 15 is 0 Å². The maximum Gasteiger partial charge on any atom is 0.313 e. The molecular weight excluding hydrogens is 417 g/mol. The molecule has 3 radical (unpaired) electrons. The van der Waals surface area contributed by atoms with E-state index in [2.05, 4.69) is 5.32 Å². The van der Waals surface area contributed by atoms with Crippen molar-refractivity contribution in [3.8, 4) is 0 Å². The third-order valence-electron chi connectivity index (χ3n) is 1.44. The zero-order chi connectivity index (χ0) is 9.14. The van der Waals surface area contributed by atoms with Gasteiger partial charge >= 0.3 is 5.97 Å². The molecule has 0 fully saturated rings. The molecular formula is C7H20Co3N2O8. The standard InChI is InChI=1S/C7H8NO4.3Co.H2N.4H2O/c9-6(10)4-1-2-5(7(11)12)8-3-4;;;;;;;;/h1-2,6,9-10H,3H2,(H,11,12);;;;5*1H2/q-1;;;;-1;;;;/p+2. The Balaban J connectivity index is -0.0000000300. The van der Waals surface area contributed by atoms with Gasteiger partial charge in [-0.2, -0.15) is 0 Å². The fourth-order valence-electron chi connectivity index (χ4n) is 0.774. The normalized spacial score (nSPS) is 9.95. The van der Waals surface area contributed by atoms with Crippen molar-refractivity contribution in [1.29, 1.82) is 0 Å². The minimum Gasteiger partial charge on any atom is -0.693 e. The van der Waals surface area contributed by atoms with Crippen LogP contribution in [0.5, 0.6) is 0 Å². The van der Waals surface area contributed by atoms with E-state index in [-0.39, 0.29) is 90.6 Å². The summed E-state index contributed by atoms with van der Waals surface area (Å²) >= 11 is 0. The molecule has 0 aromatic rings. The van der Waals surface area contributed by atoms with Crippen molar-refractivity contribution in [3.05, 3.63) is 34.9 Å². The summed E-state index contributed by atoms with van der Waals surface area (Å²) in [5, 5.41) is 29.4. The molecule has 15 N–H and O–H groups in total. The Morgan fingerprint density at radius 2 is 1.50 bits per heavy atom. The zero-order valence-electron chi connectivity index (χ0n) is 9.87. The van der Waals surface area contributed by atoms with Gasteiger partial charge in [-0.25, -0.2) is 4.79 Å². The van der Waals surface area contributed by atoms with Crippen molar-refractivity contribution < 1.29 is 92.4 Å². The van der Waals surface area contributed by atoms with Crippen molar-refractivity contribution in [1.82, 2.24) is 0 Å². The minimum absolute atomic E-state index is 0. The Morgan fingerprint density at radius 3 is 1.70 bits per heavy atom. The molecule has 0 bridgehead atoms. The fourth-order valence-corrected chi connectivity index (χ4v) is 0.774. The summed E-state index contributed by atoms with van der Waals surface area (Å²) in [6, 6.07) is 0. The molecule has 13 heteroatoms. The van der Waals surface area contributed by atoms with Crippen LogP contribution in [0.4, 0.5) is 0 Å². The Labute approximate surface area is 146 Å². The summed E-state index contributed by atoms with van der Waals surface area (Å²) < 4.78 is 0. The molecule has 0 aromatic heterocycles. The number of aliphatic carboxylic acids is 1. The number of nitrogens with two attached hydrogens (primary N) is 1. The van der Waals surface area contributed by atoms with Gasteiger partial charge in [0.05, 0.1) is 0 Å². The van der Waals surface area contributed by atoms with Crippen LogP contribution >= 0.6 is 0 Å². The molecule has 0 amide bonds. The molecule has 20 heavy (non-hydrogen) atoms. The molecule has 1 aliphatic heterocycles. The largest absolute Gasteiger partial charge is 0.693 e. The first-order valence-corrected chi connectivity index (χ1v) is 3.29. The summed E-state index contributed by atoms with van der Waals surface area (Å²) in [5.74, 6) is -1.11. The fraction of sp³-hybridized carbons (Fsp3) is 0.286. The van der Waals surface area contributed by atoms with Crippen LogP contribution in [-0.2, 0) is 66.1 Å². The van der Waals surface area contributed by atoms with E-state index in [9.17, 15) is 4.79 Å². The maximum absolute atomic E-state index is 10.3. The molecule has 1 aliphatic rings. The van der Waals surface area contributed by atoms with Gasteiger partial charge in [-0.1, -0.05) is 17.8 Å². The van der Waals surface area contributed by atoms with Crippen molar-refractivity contribution in [2.45, 2.75) is 6.29 Å². The molecule has 1 rings (SSSR count). The molecule has 10 nitrogen and oxygen atoms in total. The Bertz CT molecular complexity index is 275. The van der Waals surface area contributed by atoms with E-state index in [0.717, 1.165) is 0 Å². The van der Waals surface area contributed by atoms with Crippen LogP contribution in [-0.4, -0.2) is 45.1 Å². The number of carboxylic acid groups (broad SMARTS) is 1. The average Bonchev–Trinajstić information content (AvgIpc) is 2.04. The quantitative estimate of drug-likeness (QED) is 0.298. The van der Waals surface area contributed by atoms with E-state index in [1.54, 1.807) is 0 Å². The summed E-state index contributed by atoms with van der Waals surface area (Å²) in [6.07, 6.45) is 1.03. The molecule has 133 valence electrons. The summed E-state index contributed by atoms with van der Waals surface area (Å²) in [6.45, 7) is 0.0236. The van der Waals surface area contributed by atoms with Crippen LogP contribution in [0.1, 0.15) is 0 Å². The zero-order valence-corrected chi connectivity index (χ0v) is 13.0. The Kier molecular flexibility index (Phi) is 60.3. The number of carbonyl (C=O) groups is 1. The minimum atomic E-state index is -1.56. The van der Waals surface area contributed by atoms with Crippen LogP contribution in [0.2, 0.25) is 0 Å². The molecule has 0 unspecified atom stereocenters. The van der Waals surface area contributed by atoms with Crippen LogP contribution in [0, 0.1) is 0 Å². The van der Waals surface area contributed by atoms with Gasteiger partial charge in [0.1, 0.15) is 0 Å². The first kappa shape index (κ1) is 50.1. The SMILES string of the molecule is O.O.O=C(O)C1=CC=C(C(O)O)C[N-]1.[Co].[Co].[Co].[NH2-].[OH3+].[OH3+]. The van der Waals surface area contributed by atoms with Gasteiger partial charge in [-0.15, -0.1) is 6.54 Å². The van der Waals surface area contributed by atoms with Gasteiger partial charge in [-0.3, -0.25) is 0 Å². The van der Waals surface area contributed by atoms with Gasteiger partial charge in [0, 0.05) is 50.3 Å². The van der Waals surface area contributed by atoms with E-state index in [1.807, 2.05) is 0 Å². The Morgan fingerprint density at radius 1 is 1.10 bits per heavy atom. The van der Waals surface area contributed by atoms with E-state index in [0.29, 0.717) is 5.57 Å². The predicted molar refractivity (Wildman–Crippen MR) is 62.5 cm³/mol. The number of rotatable bonds is 2. The number of allylic oxidation sites excluding steroid dienone is 2. The molecule has 0 saturated heterocycles. The topological polar surface area (TPSA) is 254 Å². The van der Waals surface area contributed by atoms with E-state index < -0.39 is 12.3 Å². The van der Waals surface area contributed by atoms with Crippen LogP contribution in [0.25, 0.3) is 11.5 Å². The average molecular weight is 437 g/mol. The van der Waals surface area contributed by atoms with Crippen molar-refractivity contribution in [3.63, 3.8) is 0 Å². The third kappa shape index (κ3) is 16.0. The van der Waals surface area contributed by atoms with Crippen molar-refractivity contribution >= 4 is 5.97 Å². The van der Waals surface area contributed by atoms with Crippen molar-refractivity contribution in [2.24, 2.45) is 0 Å². The third-order valence-corrected chi connectivity index (χ3v) is 1.44. The summed E-state index contributed by atoms with van der Waals surface area (Å²) in [7, 11) is 0. The second-order valence-electron chi connectivity index (χ2n) is 2.29. The van der Waals surface area contributed by atoms with Gasteiger partial charge in [0.15, 0.2) is 6.29 Å². The first-order valence-electron chi connectivity index (χ1n) is 3.29. The van der Waals surface area contributed by atoms with Crippen LogP contribution in [0.3, 0.4) is 0 Å². The number of aliphatic hydroxyl groups excluding tert-OH is 1. The number of hydrogen-bond donors (Lipinski definition) is 3. The molecule has 0 spiro atoms. The molecule has 0 aromatic carbocycles. The maximum atomic E-state index is 10.3. The van der Waals surface area contributed by atoms with Gasteiger partial charge in [-0.05, 0) is 5.57 Å². The van der Waals surface area contributed by atoms with Gasteiger partial charge in [0.25, 0.3) is 0 Å². The molecule has 0 atom stereocenters. The molecule has 0 aliphatic carbocycles. The van der Waals surface area contributed by atoms with Crippen molar-refractivity contribution in [2.75, 3.05) is 6.54 Å². The molecule has 1 heterocycles. The predicted octanol–water partition coefficient (Wildman–Crippen LogP) is -3.20. The number of nitrogens with zero attached hydrogens (tertiary/aromatic N) is 1. The van der Waals surface area contributed by atoms with Gasteiger partial charge < -0.3 is 48.7 Å². The monoisotopic (exact) mass is 437 g/mol. The summed E-state index contributed by atoms with van der Waals surface area (Å²) in [5.41, 5.74) is 0.222. The number of aliphatic hydroxyl groups is 2. The first-order chi connectivity index (χ1) is 5.61. The second kappa shape index (κ2) is 24.0. The Hall–Kier alpha value is -0.0105. The van der Waals surface area contributed by atoms with Crippen LogP contribution in [0.15, 0.2) is 23.4 Å². The van der Waals surface area contributed by atoms with Crippen LogP contribution < -0.4 is 0 Å². The summed E-state index contributed by atoms with van der Waals surface area (Å²) in [4.78, 5) is 10.3. The second-order valence-corrected chi connectivity index (χ2v) is 2.29. The van der Waals surface area contributed by atoms with Gasteiger partial charge in [0.2, 0.25) is 0 Å². The smallest absolute Gasteiger partial charge is 0.313 e. The number of hydrogen-bond acceptors (Lipinski definition) is 3. The molecule has 0 saturated carbocycles. The van der Waals surface area contributed by atoms with E-state index in [4.69, 9.17) is 15.3 Å².